The molecule has 2 rings (SSSR count). The fraction of sp³-hybridized carbons (Fsp3) is 0.533. The molecule has 0 spiro atoms. The zero-order chi connectivity index (χ0) is 14.4. The lowest BCUT2D eigenvalue weighted by atomic mass is 10.3. The monoisotopic (exact) mass is 276 g/mol. The normalized spacial score (nSPS) is 11.7. The summed E-state index contributed by atoms with van der Waals surface area (Å²) in [5, 5.41) is 0. The molecule has 0 unspecified atom stereocenters. The van der Waals surface area contributed by atoms with E-state index >= 15 is 0 Å². The van der Waals surface area contributed by atoms with Gasteiger partial charge in [0.2, 0.25) is 0 Å². The molecule has 0 aliphatic heterocycles. The van der Waals surface area contributed by atoms with E-state index in [-0.39, 0.29) is 0 Å². The smallest absolute Gasteiger partial charge is 0.117 e. The average Bonchev–Trinajstić information content (AvgIpc) is 3.02. The van der Waals surface area contributed by atoms with Crippen LogP contribution >= 0.6 is 0 Å². The standard InChI is InChI=1S/C15H24N4O/c1-17(2)7-5-8-19(12-15-6-4-9-20-15)11-14-10-16-13-18(14)3/h4,6,9-10,13H,5,7-8,11-12H2,1-3H3. The summed E-state index contributed by atoms with van der Waals surface area (Å²) in [5.74, 6) is 1.01. The Bertz CT molecular complexity index is 490. The summed E-state index contributed by atoms with van der Waals surface area (Å²) in [6.07, 6.45) is 6.66. The topological polar surface area (TPSA) is 37.4 Å². The summed E-state index contributed by atoms with van der Waals surface area (Å²) in [6.45, 7) is 3.88. The highest BCUT2D eigenvalue weighted by Crippen LogP contribution is 2.10. The van der Waals surface area contributed by atoms with Gasteiger partial charge in [0.1, 0.15) is 5.76 Å². The van der Waals surface area contributed by atoms with Crippen LogP contribution in [-0.2, 0) is 20.1 Å². The maximum Gasteiger partial charge on any atom is 0.117 e. The van der Waals surface area contributed by atoms with Gasteiger partial charge in [0.15, 0.2) is 0 Å². The van der Waals surface area contributed by atoms with Gasteiger partial charge < -0.3 is 13.9 Å². The lowest BCUT2D eigenvalue weighted by Gasteiger charge is -2.22. The number of aromatic nitrogens is 2. The number of imidazole rings is 1. The van der Waals surface area contributed by atoms with Crippen LogP contribution < -0.4 is 0 Å². The minimum atomic E-state index is 0.839. The van der Waals surface area contributed by atoms with Crippen LogP contribution in [0.5, 0.6) is 0 Å². The van der Waals surface area contributed by atoms with E-state index in [9.17, 15) is 0 Å². The SMILES string of the molecule is CN(C)CCCN(Cc1ccco1)Cc1cncn1C. The molecule has 0 saturated carbocycles. The molecule has 20 heavy (non-hydrogen) atoms. The van der Waals surface area contributed by atoms with Gasteiger partial charge in [-0.05, 0) is 39.2 Å². The van der Waals surface area contributed by atoms with Gasteiger partial charge in [0.25, 0.3) is 0 Å². The highest BCUT2D eigenvalue weighted by atomic mass is 16.3. The maximum atomic E-state index is 5.47. The molecule has 2 aromatic rings. The molecule has 110 valence electrons. The molecule has 0 amide bonds. The molecule has 0 fully saturated rings. The fourth-order valence-electron chi connectivity index (χ4n) is 2.21. The van der Waals surface area contributed by atoms with Gasteiger partial charge in [-0.2, -0.15) is 0 Å². The van der Waals surface area contributed by atoms with Crippen molar-refractivity contribution in [3.8, 4) is 0 Å². The second-order valence-corrected chi connectivity index (χ2v) is 5.44. The molecular weight excluding hydrogens is 252 g/mol. The Kier molecular flexibility index (Phi) is 5.38. The number of nitrogens with zero attached hydrogens (tertiary/aromatic N) is 4. The lowest BCUT2D eigenvalue weighted by molar-refractivity contribution is 0.218. The van der Waals surface area contributed by atoms with Crippen molar-refractivity contribution in [1.29, 1.82) is 0 Å². The second-order valence-electron chi connectivity index (χ2n) is 5.44. The molecule has 0 aliphatic carbocycles. The van der Waals surface area contributed by atoms with Crippen molar-refractivity contribution in [2.75, 3.05) is 27.2 Å². The Morgan fingerprint density at radius 1 is 1.25 bits per heavy atom. The minimum absolute atomic E-state index is 0.839. The van der Waals surface area contributed by atoms with E-state index < -0.39 is 0 Å². The van der Waals surface area contributed by atoms with Gasteiger partial charge in [-0.15, -0.1) is 0 Å². The summed E-state index contributed by atoms with van der Waals surface area (Å²) >= 11 is 0. The molecule has 5 nitrogen and oxygen atoms in total. The van der Waals surface area contributed by atoms with Gasteiger partial charge in [-0.25, -0.2) is 4.98 Å². The minimum Gasteiger partial charge on any atom is -0.468 e. The lowest BCUT2D eigenvalue weighted by Crippen LogP contribution is -2.27. The highest BCUT2D eigenvalue weighted by Gasteiger charge is 2.11. The first-order valence-corrected chi connectivity index (χ1v) is 7.00. The summed E-state index contributed by atoms with van der Waals surface area (Å²) in [7, 11) is 6.25. The summed E-state index contributed by atoms with van der Waals surface area (Å²) in [4.78, 5) is 8.80. The van der Waals surface area contributed by atoms with Gasteiger partial charge in [0, 0.05) is 26.3 Å². The molecule has 0 N–H and O–H groups in total. The number of furan rings is 1. The fourth-order valence-corrected chi connectivity index (χ4v) is 2.21. The first-order chi connectivity index (χ1) is 9.65. The quantitative estimate of drug-likeness (QED) is 0.739. The van der Waals surface area contributed by atoms with Crippen LogP contribution in [0.1, 0.15) is 17.9 Å². The number of hydrogen-bond donors (Lipinski definition) is 0. The summed E-state index contributed by atoms with van der Waals surface area (Å²) < 4.78 is 7.54. The van der Waals surface area contributed by atoms with Crippen LogP contribution in [0.25, 0.3) is 0 Å². The zero-order valence-electron chi connectivity index (χ0n) is 12.6. The molecule has 0 aliphatic rings. The van der Waals surface area contributed by atoms with Crippen LogP contribution in [0.15, 0.2) is 35.3 Å². The Balaban J connectivity index is 1.94. The average molecular weight is 276 g/mol. The summed E-state index contributed by atoms with van der Waals surface area (Å²) in [6, 6.07) is 3.97. The molecule has 0 saturated heterocycles. The Labute approximate surface area is 120 Å². The van der Waals surface area contributed by atoms with Crippen molar-refractivity contribution in [3.63, 3.8) is 0 Å². The second kappa shape index (κ2) is 7.26. The molecule has 5 heteroatoms. The highest BCUT2D eigenvalue weighted by molar-refractivity contribution is 5.01. The van der Waals surface area contributed by atoms with Crippen molar-refractivity contribution in [1.82, 2.24) is 19.4 Å². The third-order valence-electron chi connectivity index (χ3n) is 3.34. The van der Waals surface area contributed by atoms with Gasteiger partial charge in [-0.3, -0.25) is 4.90 Å². The largest absolute Gasteiger partial charge is 0.468 e. The third-order valence-corrected chi connectivity index (χ3v) is 3.34. The van der Waals surface area contributed by atoms with E-state index in [0.717, 1.165) is 38.4 Å². The van der Waals surface area contributed by atoms with Crippen molar-refractivity contribution in [2.45, 2.75) is 19.5 Å². The number of aryl methyl sites for hydroxylation is 1. The Morgan fingerprint density at radius 2 is 2.10 bits per heavy atom. The van der Waals surface area contributed by atoms with Crippen molar-refractivity contribution in [3.05, 3.63) is 42.4 Å². The molecule has 0 bridgehead atoms. The van der Waals surface area contributed by atoms with Crippen LogP contribution in [0.2, 0.25) is 0 Å². The number of hydrogen-bond acceptors (Lipinski definition) is 4. The van der Waals surface area contributed by atoms with Gasteiger partial charge >= 0.3 is 0 Å². The van der Waals surface area contributed by atoms with E-state index in [1.165, 1.54) is 5.69 Å². The van der Waals surface area contributed by atoms with Crippen molar-refractivity contribution >= 4 is 0 Å². The van der Waals surface area contributed by atoms with E-state index in [1.54, 1.807) is 6.26 Å². The van der Waals surface area contributed by atoms with E-state index in [4.69, 9.17) is 4.42 Å². The molecule has 0 radical (unpaired) electrons. The van der Waals surface area contributed by atoms with E-state index in [0.29, 0.717) is 0 Å². The predicted octanol–water partition coefficient (Wildman–Crippen LogP) is 1.97. The van der Waals surface area contributed by atoms with Gasteiger partial charge in [0.05, 0.1) is 24.8 Å². The van der Waals surface area contributed by atoms with Gasteiger partial charge in [-0.1, -0.05) is 0 Å². The van der Waals surface area contributed by atoms with E-state index in [2.05, 4.69) is 33.4 Å². The maximum absolute atomic E-state index is 5.47. The Hall–Kier alpha value is -1.59. The van der Waals surface area contributed by atoms with Crippen LogP contribution in [0.3, 0.4) is 0 Å². The molecule has 2 heterocycles. The van der Waals surface area contributed by atoms with Crippen LogP contribution in [-0.4, -0.2) is 46.5 Å². The zero-order valence-corrected chi connectivity index (χ0v) is 12.6. The Morgan fingerprint density at radius 3 is 2.70 bits per heavy atom. The summed E-state index contributed by atoms with van der Waals surface area (Å²) in [5.41, 5.74) is 1.22. The van der Waals surface area contributed by atoms with E-state index in [1.807, 2.05) is 31.7 Å². The van der Waals surface area contributed by atoms with Crippen LogP contribution in [0.4, 0.5) is 0 Å². The van der Waals surface area contributed by atoms with Crippen LogP contribution in [0, 0.1) is 0 Å². The van der Waals surface area contributed by atoms with Crippen molar-refractivity contribution < 1.29 is 4.42 Å². The predicted molar refractivity (Wildman–Crippen MR) is 79.2 cm³/mol. The molecular formula is C15H24N4O. The molecule has 0 atom stereocenters. The number of rotatable bonds is 8. The third kappa shape index (κ3) is 4.51. The molecule has 2 aromatic heterocycles. The first-order valence-electron chi connectivity index (χ1n) is 7.00. The van der Waals surface area contributed by atoms with Crippen molar-refractivity contribution in [2.24, 2.45) is 7.05 Å². The molecule has 0 aromatic carbocycles. The first kappa shape index (κ1) is 14.8.